The van der Waals surface area contributed by atoms with Gasteiger partial charge in [-0.25, -0.2) is 0 Å². The van der Waals surface area contributed by atoms with E-state index < -0.39 is 0 Å². The van der Waals surface area contributed by atoms with E-state index in [1.165, 1.54) is 16.5 Å². The first kappa shape index (κ1) is 9.77. The molecule has 0 amide bonds. The summed E-state index contributed by atoms with van der Waals surface area (Å²) in [4.78, 5) is 0. The molecule has 0 aliphatic carbocycles. The number of benzene rings is 2. The Bertz CT molecular complexity index is 432. The van der Waals surface area contributed by atoms with E-state index in [0.29, 0.717) is 4.05 Å². The van der Waals surface area contributed by atoms with Gasteiger partial charge in [-0.05, 0) is 18.4 Å². The van der Waals surface area contributed by atoms with Gasteiger partial charge in [0.2, 0.25) is 0 Å². The van der Waals surface area contributed by atoms with Crippen LogP contribution in [0.1, 0.15) is 6.92 Å². The smallest absolute Gasteiger partial charge is 0.0753 e. The summed E-state index contributed by atoms with van der Waals surface area (Å²) in [5, 5.41) is 6.01. The van der Waals surface area contributed by atoms with Gasteiger partial charge in [0, 0.05) is 11.1 Å². The molecule has 0 aliphatic heterocycles. The van der Waals surface area contributed by atoms with Crippen LogP contribution in [0.25, 0.3) is 10.8 Å². The summed E-state index contributed by atoms with van der Waals surface area (Å²) in [5.41, 5.74) is 1.21. The van der Waals surface area contributed by atoms with E-state index in [1.807, 2.05) is 0 Å². The molecule has 2 rings (SSSR count). The fraction of sp³-hybridized carbons (Fsp3) is 0.167. The lowest BCUT2D eigenvalue weighted by Gasteiger charge is -2.11. The number of fused-ring (bicyclic) bond motifs is 1. The fourth-order valence-corrected chi connectivity index (χ4v) is 1.90. The van der Waals surface area contributed by atoms with Crippen molar-refractivity contribution in [2.45, 2.75) is 11.0 Å². The van der Waals surface area contributed by atoms with Crippen molar-refractivity contribution in [1.82, 2.24) is 0 Å². The molecule has 0 spiro atoms. The third-order valence-electron chi connectivity index (χ3n) is 2.14. The molecule has 2 heteroatoms. The van der Waals surface area contributed by atoms with E-state index >= 15 is 0 Å². The first-order chi connectivity index (χ1) is 6.77. The highest BCUT2D eigenvalue weighted by atomic mass is 127. The zero-order chi connectivity index (χ0) is 9.97. The number of anilines is 1. The lowest BCUT2D eigenvalue weighted by molar-refractivity contribution is 1.18. The van der Waals surface area contributed by atoms with Gasteiger partial charge in [0.15, 0.2) is 0 Å². The van der Waals surface area contributed by atoms with Gasteiger partial charge in [-0.1, -0.05) is 59.0 Å². The van der Waals surface area contributed by atoms with Gasteiger partial charge >= 0.3 is 0 Å². The Labute approximate surface area is 97.7 Å². The van der Waals surface area contributed by atoms with Crippen molar-refractivity contribution in [2.75, 3.05) is 5.32 Å². The van der Waals surface area contributed by atoms with Crippen LogP contribution >= 0.6 is 22.6 Å². The first-order valence-corrected chi connectivity index (χ1v) is 5.90. The third-order valence-corrected chi connectivity index (χ3v) is 2.46. The Morgan fingerprint density at radius 1 is 1.07 bits per heavy atom. The highest BCUT2D eigenvalue weighted by Gasteiger charge is 2.00. The molecular weight excluding hydrogens is 285 g/mol. The minimum atomic E-state index is 0.443. The van der Waals surface area contributed by atoms with Crippen LogP contribution in [-0.2, 0) is 0 Å². The highest BCUT2D eigenvalue weighted by molar-refractivity contribution is 14.1. The normalized spacial score (nSPS) is 12.7. The molecule has 0 radical (unpaired) electrons. The van der Waals surface area contributed by atoms with Crippen molar-refractivity contribution in [3.63, 3.8) is 0 Å². The molecule has 72 valence electrons. The zero-order valence-corrected chi connectivity index (χ0v) is 10.2. The van der Waals surface area contributed by atoms with Crippen molar-refractivity contribution in [2.24, 2.45) is 0 Å². The first-order valence-electron chi connectivity index (χ1n) is 4.66. The average molecular weight is 297 g/mol. The third kappa shape index (κ3) is 2.00. The second-order valence-corrected chi connectivity index (χ2v) is 5.16. The van der Waals surface area contributed by atoms with Gasteiger partial charge in [0.05, 0.1) is 4.05 Å². The second kappa shape index (κ2) is 4.17. The SMILES string of the molecule is CC(I)Nc1cccc2ccccc12. The van der Waals surface area contributed by atoms with Crippen LogP contribution < -0.4 is 5.32 Å². The summed E-state index contributed by atoms with van der Waals surface area (Å²) < 4.78 is 0.443. The molecule has 0 fully saturated rings. The predicted octanol–water partition coefficient (Wildman–Crippen LogP) is 4.03. The zero-order valence-electron chi connectivity index (χ0n) is 8.00. The molecule has 1 unspecified atom stereocenters. The largest absolute Gasteiger partial charge is 0.373 e. The van der Waals surface area contributed by atoms with Gasteiger partial charge in [-0.15, -0.1) is 0 Å². The Morgan fingerprint density at radius 2 is 1.79 bits per heavy atom. The molecule has 0 aliphatic rings. The van der Waals surface area contributed by atoms with Crippen molar-refractivity contribution in [3.05, 3.63) is 42.5 Å². The van der Waals surface area contributed by atoms with Crippen LogP contribution in [0.5, 0.6) is 0 Å². The number of alkyl halides is 1. The maximum Gasteiger partial charge on any atom is 0.0753 e. The molecule has 0 aromatic heterocycles. The quantitative estimate of drug-likeness (QED) is 0.501. The van der Waals surface area contributed by atoms with Gasteiger partial charge in [0.25, 0.3) is 0 Å². The van der Waals surface area contributed by atoms with Gasteiger partial charge in [-0.3, -0.25) is 0 Å². The predicted molar refractivity (Wildman–Crippen MR) is 71.1 cm³/mol. The van der Waals surface area contributed by atoms with Crippen molar-refractivity contribution in [1.29, 1.82) is 0 Å². The molecule has 1 atom stereocenters. The van der Waals surface area contributed by atoms with E-state index in [4.69, 9.17) is 0 Å². The van der Waals surface area contributed by atoms with E-state index in [-0.39, 0.29) is 0 Å². The summed E-state index contributed by atoms with van der Waals surface area (Å²) in [5.74, 6) is 0. The molecule has 1 N–H and O–H groups in total. The van der Waals surface area contributed by atoms with Crippen LogP contribution in [0.3, 0.4) is 0 Å². The van der Waals surface area contributed by atoms with Crippen LogP contribution in [0.2, 0.25) is 0 Å². The molecular formula is C12H12IN. The van der Waals surface area contributed by atoms with E-state index in [2.05, 4.69) is 77.3 Å². The minimum absolute atomic E-state index is 0.443. The standard InChI is InChI=1S/C12H12IN/c1-9(13)14-12-8-4-6-10-5-2-3-7-11(10)12/h2-9,14H,1H3. The van der Waals surface area contributed by atoms with Crippen LogP contribution in [0.4, 0.5) is 5.69 Å². The number of nitrogens with one attached hydrogen (secondary N) is 1. The molecule has 0 heterocycles. The maximum absolute atomic E-state index is 3.43. The van der Waals surface area contributed by atoms with Crippen LogP contribution in [0, 0.1) is 0 Å². The lowest BCUT2D eigenvalue weighted by atomic mass is 10.1. The Hall–Kier alpha value is -0.770. The summed E-state index contributed by atoms with van der Waals surface area (Å²) in [7, 11) is 0. The van der Waals surface area contributed by atoms with Gasteiger partial charge in [0.1, 0.15) is 0 Å². The van der Waals surface area contributed by atoms with Crippen LogP contribution in [0.15, 0.2) is 42.5 Å². The molecule has 0 saturated carbocycles. The number of halogens is 1. The van der Waals surface area contributed by atoms with E-state index in [1.54, 1.807) is 0 Å². The number of hydrogen-bond acceptors (Lipinski definition) is 1. The minimum Gasteiger partial charge on any atom is -0.373 e. The Kier molecular flexibility index (Phi) is 2.91. The average Bonchev–Trinajstić information content (AvgIpc) is 2.18. The van der Waals surface area contributed by atoms with Crippen molar-refractivity contribution >= 4 is 39.1 Å². The van der Waals surface area contributed by atoms with Crippen LogP contribution in [-0.4, -0.2) is 4.05 Å². The Morgan fingerprint density at radius 3 is 2.57 bits per heavy atom. The molecule has 1 nitrogen and oxygen atoms in total. The molecule has 14 heavy (non-hydrogen) atoms. The number of hydrogen-bond donors (Lipinski definition) is 1. The maximum atomic E-state index is 3.43. The van der Waals surface area contributed by atoms with Crippen molar-refractivity contribution in [3.8, 4) is 0 Å². The van der Waals surface area contributed by atoms with E-state index in [0.717, 1.165) is 0 Å². The van der Waals surface area contributed by atoms with Gasteiger partial charge in [-0.2, -0.15) is 0 Å². The molecule has 0 saturated heterocycles. The topological polar surface area (TPSA) is 12.0 Å². The van der Waals surface area contributed by atoms with Gasteiger partial charge < -0.3 is 5.32 Å². The summed E-state index contributed by atoms with van der Waals surface area (Å²) >= 11 is 2.37. The highest BCUT2D eigenvalue weighted by Crippen LogP contribution is 2.24. The second-order valence-electron chi connectivity index (χ2n) is 3.29. The van der Waals surface area contributed by atoms with Crippen molar-refractivity contribution < 1.29 is 0 Å². The Balaban J connectivity index is 2.53. The molecule has 2 aromatic carbocycles. The summed E-state index contributed by atoms with van der Waals surface area (Å²) in [6.45, 7) is 2.14. The summed E-state index contributed by atoms with van der Waals surface area (Å²) in [6, 6.07) is 14.8. The molecule has 0 bridgehead atoms. The monoisotopic (exact) mass is 297 g/mol. The van der Waals surface area contributed by atoms with E-state index in [9.17, 15) is 0 Å². The summed E-state index contributed by atoms with van der Waals surface area (Å²) in [6.07, 6.45) is 0. The fourth-order valence-electron chi connectivity index (χ4n) is 1.57. The number of rotatable bonds is 2. The lowest BCUT2D eigenvalue weighted by Crippen LogP contribution is -2.05. The molecule has 2 aromatic rings.